The molecule has 0 radical (unpaired) electrons. The first-order valence-corrected chi connectivity index (χ1v) is 6.84. The summed E-state index contributed by atoms with van der Waals surface area (Å²) in [5.74, 6) is -0.157. The molecule has 1 atom stereocenters. The molecule has 5 heteroatoms. The first-order valence-electron chi connectivity index (χ1n) is 6.84. The van der Waals surface area contributed by atoms with Crippen molar-refractivity contribution in [1.82, 2.24) is 20.2 Å². The highest BCUT2D eigenvalue weighted by Gasteiger charge is 2.16. The normalized spacial score (nSPS) is 12.2. The van der Waals surface area contributed by atoms with Crippen molar-refractivity contribution < 1.29 is 4.79 Å². The van der Waals surface area contributed by atoms with Gasteiger partial charge in [-0.15, -0.1) is 0 Å². The van der Waals surface area contributed by atoms with Crippen molar-refractivity contribution in [2.24, 2.45) is 0 Å². The standard InChI is InChI=1S/C16H20N4O/c1-12-5-4-6-13(7-12)15(20(2)3)10-19-16(21)14-8-17-11-18-9-14/h4-9,11,15H,10H2,1-3H3,(H,19,21)/t15-/m1/s1. The third kappa shape index (κ3) is 4.10. The number of hydrogen-bond acceptors (Lipinski definition) is 4. The molecule has 21 heavy (non-hydrogen) atoms. The lowest BCUT2D eigenvalue weighted by Crippen LogP contribution is -2.34. The maximum atomic E-state index is 12.1. The van der Waals surface area contributed by atoms with Gasteiger partial charge in [0.2, 0.25) is 0 Å². The molecule has 0 aliphatic heterocycles. The van der Waals surface area contributed by atoms with Crippen LogP contribution in [0.2, 0.25) is 0 Å². The summed E-state index contributed by atoms with van der Waals surface area (Å²) in [5.41, 5.74) is 2.87. The number of likely N-dealkylation sites (N-methyl/N-ethyl adjacent to an activating group) is 1. The van der Waals surface area contributed by atoms with Gasteiger partial charge in [-0.3, -0.25) is 4.79 Å². The number of nitrogens with one attached hydrogen (secondary N) is 1. The molecular weight excluding hydrogens is 264 g/mol. The summed E-state index contributed by atoms with van der Waals surface area (Å²) in [6.45, 7) is 2.60. The molecule has 0 aliphatic carbocycles. The lowest BCUT2D eigenvalue weighted by atomic mass is 10.0. The van der Waals surface area contributed by atoms with Crippen LogP contribution in [0.5, 0.6) is 0 Å². The number of aryl methyl sites for hydroxylation is 1. The van der Waals surface area contributed by atoms with E-state index >= 15 is 0 Å². The molecule has 0 spiro atoms. The van der Waals surface area contributed by atoms with Crippen molar-refractivity contribution in [2.45, 2.75) is 13.0 Å². The van der Waals surface area contributed by atoms with E-state index < -0.39 is 0 Å². The monoisotopic (exact) mass is 284 g/mol. The molecule has 2 rings (SSSR count). The van der Waals surface area contributed by atoms with Gasteiger partial charge in [0.15, 0.2) is 0 Å². The summed E-state index contributed by atoms with van der Waals surface area (Å²) in [6.07, 6.45) is 4.44. The van der Waals surface area contributed by atoms with Gasteiger partial charge >= 0.3 is 0 Å². The molecule has 1 amide bonds. The number of aromatic nitrogens is 2. The summed E-state index contributed by atoms with van der Waals surface area (Å²) in [7, 11) is 4.01. The van der Waals surface area contributed by atoms with Crippen molar-refractivity contribution in [3.63, 3.8) is 0 Å². The fourth-order valence-electron chi connectivity index (χ4n) is 2.18. The summed E-state index contributed by atoms with van der Waals surface area (Å²) in [5, 5.41) is 2.94. The van der Waals surface area contributed by atoms with E-state index in [4.69, 9.17) is 0 Å². The summed E-state index contributed by atoms with van der Waals surface area (Å²) >= 11 is 0. The summed E-state index contributed by atoms with van der Waals surface area (Å²) < 4.78 is 0. The van der Waals surface area contributed by atoms with Gasteiger partial charge in [-0.2, -0.15) is 0 Å². The lowest BCUT2D eigenvalue weighted by Gasteiger charge is -2.25. The first-order chi connectivity index (χ1) is 10.1. The largest absolute Gasteiger partial charge is 0.350 e. The predicted octanol–water partition coefficient (Wildman–Crippen LogP) is 1.82. The number of rotatable bonds is 5. The van der Waals surface area contributed by atoms with Crippen LogP contribution >= 0.6 is 0 Å². The molecule has 0 saturated carbocycles. The highest BCUT2D eigenvalue weighted by molar-refractivity contribution is 5.93. The topological polar surface area (TPSA) is 58.1 Å². The van der Waals surface area contributed by atoms with E-state index in [0.29, 0.717) is 12.1 Å². The molecule has 0 bridgehead atoms. The maximum absolute atomic E-state index is 12.1. The summed E-state index contributed by atoms with van der Waals surface area (Å²) in [6, 6.07) is 8.45. The number of hydrogen-bond donors (Lipinski definition) is 1. The van der Waals surface area contributed by atoms with Crippen LogP contribution in [-0.2, 0) is 0 Å². The molecule has 1 aromatic carbocycles. The van der Waals surface area contributed by atoms with Crippen LogP contribution in [-0.4, -0.2) is 41.4 Å². The van der Waals surface area contributed by atoms with Crippen LogP contribution in [0.1, 0.15) is 27.5 Å². The van der Waals surface area contributed by atoms with Gasteiger partial charge in [0.25, 0.3) is 5.91 Å². The zero-order valence-electron chi connectivity index (χ0n) is 12.6. The van der Waals surface area contributed by atoms with Crippen LogP contribution in [0.3, 0.4) is 0 Å². The molecule has 1 heterocycles. The second-order valence-electron chi connectivity index (χ2n) is 5.23. The zero-order valence-corrected chi connectivity index (χ0v) is 12.6. The molecular formula is C16H20N4O. The molecule has 2 aromatic rings. The second kappa shape index (κ2) is 6.95. The van der Waals surface area contributed by atoms with Gasteiger partial charge in [0.05, 0.1) is 11.6 Å². The lowest BCUT2D eigenvalue weighted by molar-refractivity contribution is 0.0941. The van der Waals surface area contributed by atoms with Crippen molar-refractivity contribution in [3.8, 4) is 0 Å². The summed E-state index contributed by atoms with van der Waals surface area (Å²) in [4.78, 5) is 21.9. The molecule has 0 aliphatic rings. The number of nitrogens with zero attached hydrogens (tertiary/aromatic N) is 3. The highest BCUT2D eigenvalue weighted by atomic mass is 16.1. The Morgan fingerprint density at radius 2 is 2.00 bits per heavy atom. The molecule has 0 fully saturated rings. The van der Waals surface area contributed by atoms with Crippen molar-refractivity contribution in [2.75, 3.05) is 20.6 Å². The Kier molecular flexibility index (Phi) is 5.00. The Bertz CT molecular complexity index is 598. The molecule has 0 saturated heterocycles. The second-order valence-corrected chi connectivity index (χ2v) is 5.23. The number of amides is 1. The van der Waals surface area contributed by atoms with Gasteiger partial charge in [-0.1, -0.05) is 29.8 Å². The van der Waals surface area contributed by atoms with E-state index in [1.165, 1.54) is 29.8 Å². The van der Waals surface area contributed by atoms with E-state index in [1.807, 2.05) is 20.2 Å². The van der Waals surface area contributed by atoms with Crippen LogP contribution < -0.4 is 5.32 Å². The van der Waals surface area contributed by atoms with Gasteiger partial charge in [0, 0.05) is 18.9 Å². The Morgan fingerprint density at radius 3 is 2.62 bits per heavy atom. The predicted molar refractivity (Wildman–Crippen MR) is 82.0 cm³/mol. The van der Waals surface area contributed by atoms with E-state index in [0.717, 1.165) is 0 Å². The van der Waals surface area contributed by atoms with Crippen LogP contribution in [0.4, 0.5) is 0 Å². The van der Waals surface area contributed by atoms with E-state index in [9.17, 15) is 4.79 Å². The van der Waals surface area contributed by atoms with Gasteiger partial charge in [-0.25, -0.2) is 9.97 Å². The number of carbonyl (C=O) groups is 1. The van der Waals surface area contributed by atoms with Crippen LogP contribution in [0.15, 0.2) is 43.0 Å². The van der Waals surface area contributed by atoms with Crippen LogP contribution in [0, 0.1) is 6.92 Å². The maximum Gasteiger partial charge on any atom is 0.254 e. The zero-order chi connectivity index (χ0) is 15.2. The fraction of sp³-hybridized carbons (Fsp3) is 0.312. The fourth-order valence-corrected chi connectivity index (χ4v) is 2.18. The van der Waals surface area contributed by atoms with E-state index in [2.05, 4.69) is 45.3 Å². The SMILES string of the molecule is Cc1cccc([C@@H](CNC(=O)c2cncnc2)N(C)C)c1. The van der Waals surface area contributed by atoms with Gasteiger partial charge < -0.3 is 10.2 Å². The minimum absolute atomic E-state index is 0.124. The van der Waals surface area contributed by atoms with Crippen molar-refractivity contribution in [1.29, 1.82) is 0 Å². The van der Waals surface area contributed by atoms with Gasteiger partial charge in [0.1, 0.15) is 6.33 Å². The third-order valence-corrected chi connectivity index (χ3v) is 3.33. The Hall–Kier alpha value is -2.27. The average molecular weight is 284 g/mol. The number of benzene rings is 1. The minimum Gasteiger partial charge on any atom is -0.350 e. The molecule has 110 valence electrons. The third-order valence-electron chi connectivity index (χ3n) is 3.33. The average Bonchev–Trinajstić information content (AvgIpc) is 2.48. The minimum atomic E-state index is -0.157. The van der Waals surface area contributed by atoms with E-state index in [1.54, 1.807) is 0 Å². The van der Waals surface area contributed by atoms with Crippen molar-refractivity contribution >= 4 is 5.91 Å². The van der Waals surface area contributed by atoms with Crippen LogP contribution in [0.25, 0.3) is 0 Å². The smallest absolute Gasteiger partial charge is 0.254 e. The number of carbonyl (C=O) groups excluding carboxylic acids is 1. The molecule has 0 unspecified atom stereocenters. The molecule has 5 nitrogen and oxygen atoms in total. The quantitative estimate of drug-likeness (QED) is 0.910. The van der Waals surface area contributed by atoms with Gasteiger partial charge in [-0.05, 0) is 26.6 Å². The first kappa shape index (κ1) is 15.1. The Morgan fingerprint density at radius 1 is 1.29 bits per heavy atom. The van der Waals surface area contributed by atoms with Crippen molar-refractivity contribution in [3.05, 3.63) is 59.7 Å². The Labute approximate surface area is 125 Å². The highest BCUT2D eigenvalue weighted by Crippen LogP contribution is 2.18. The molecule has 1 aromatic heterocycles. The van der Waals surface area contributed by atoms with E-state index in [-0.39, 0.29) is 11.9 Å². The molecule has 1 N–H and O–H groups in total. The Balaban J connectivity index is 2.06.